The second kappa shape index (κ2) is 4.01. The first-order valence-electron chi connectivity index (χ1n) is 5.18. The van der Waals surface area contributed by atoms with Gasteiger partial charge in [-0.1, -0.05) is 6.92 Å². The zero-order valence-corrected chi connectivity index (χ0v) is 9.74. The van der Waals surface area contributed by atoms with E-state index >= 15 is 0 Å². The highest BCUT2D eigenvalue weighted by molar-refractivity contribution is 7.74. The fourth-order valence-corrected chi connectivity index (χ4v) is 3.41. The molecule has 16 heavy (non-hydrogen) atoms. The average Bonchev–Trinajstić information content (AvgIpc) is 2.75. The summed E-state index contributed by atoms with van der Waals surface area (Å²) in [5, 5.41) is 18.7. The van der Waals surface area contributed by atoms with Crippen LogP contribution in [-0.4, -0.2) is 49.5 Å². The lowest BCUT2D eigenvalue weighted by molar-refractivity contribution is -0.111. The van der Waals surface area contributed by atoms with Gasteiger partial charge in [-0.15, -0.1) is 0 Å². The second-order valence-electron chi connectivity index (χ2n) is 4.56. The maximum absolute atomic E-state index is 10.6. The Morgan fingerprint density at radius 2 is 2.00 bits per heavy atom. The summed E-state index contributed by atoms with van der Waals surface area (Å²) >= 11 is -2.65. The molecular formula is C9H15O6S-. The van der Waals surface area contributed by atoms with Crippen LogP contribution in [0.4, 0.5) is 0 Å². The van der Waals surface area contributed by atoms with Gasteiger partial charge in [0.1, 0.15) is 11.7 Å². The van der Waals surface area contributed by atoms with Gasteiger partial charge in [-0.25, -0.2) is 4.21 Å². The quantitative estimate of drug-likeness (QED) is 0.627. The van der Waals surface area contributed by atoms with E-state index in [1.807, 2.05) is 0 Å². The first-order valence-corrected chi connectivity index (χ1v) is 6.18. The van der Waals surface area contributed by atoms with E-state index in [1.165, 1.54) is 0 Å². The Morgan fingerprint density at radius 3 is 2.50 bits per heavy atom. The maximum atomic E-state index is 10.6. The van der Waals surface area contributed by atoms with Crippen molar-refractivity contribution in [1.29, 1.82) is 0 Å². The van der Waals surface area contributed by atoms with Gasteiger partial charge in [0.25, 0.3) is 0 Å². The van der Waals surface area contributed by atoms with Crippen LogP contribution in [0.1, 0.15) is 19.8 Å². The van der Waals surface area contributed by atoms with E-state index in [4.69, 9.17) is 8.92 Å². The third-order valence-electron chi connectivity index (χ3n) is 3.90. The van der Waals surface area contributed by atoms with Gasteiger partial charge in [-0.3, -0.25) is 4.18 Å². The number of hydrogen-bond donors (Lipinski definition) is 2. The van der Waals surface area contributed by atoms with Crippen molar-refractivity contribution < 1.29 is 27.9 Å². The number of ether oxygens (including phenoxy) is 1. The molecule has 0 aromatic rings. The predicted octanol–water partition coefficient (Wildman–Crippen LogP) is -0.912. The van der Waals surface area contributed by atoms with Crippen molar-refractivity contribution in [1.82, 2.24) is 0 Å². The van der Waals surface area contributed by atoms with Gasteiger partial charge in [-0.05, 0) is 12.8 Å². The standard InChI is InChI=1S/C9H16O6S/c1-6-7(14-16(12)13)9(5-11)3-2-8(6,4-10)15-9/h6-7,10-11H,2-5H2,1H3,(H,12,13)/p-1. The molecule has 2 saturated heterocycles. The molecular weight excluding hydrogens is 236 g/mol. The van der Waals surface area contributed by atoms with Crippen molar-refractivity contribution in [3.63, 3.8) is 0 Å². The lowest BCUT2D eigenvalue weighted by Crippen LogP contribution is -2.48. The minimum absolute atomic E-state index is 0.193. The molecule has 2 rings (SSSR count). The molecule has 2 N–H and O–H groups in total. The zero-order chi connectivity index (χ0) is 12.0. The molecule has 0 amide bonds. The van der Waals surface area contributed by atoms with Gasteiger partial charge in [0.05, 0.1) is 30.2 Å². The van der Waals surface area contributed by atoms with Crippen molar-refractivity contribution >= 4 is 11.4 Å². The van der Waals surface area contributed by atoms with Crippen molar-refractivity contribution in [2.45, 2.75) is 37.1 Å². The van der Waals surface area contributed by atoms with Crippen LogP contribution in [-0.2, 0) is 20.3 Å². The lowest BCUT2D eigenvalue weighted by Gasteiger charge is -2.35. The van der Waals surface area contributed by atoms with Gasteiger partial charge >= 0.3 is 0 Å². The minimum Gasteiger partial charge on any atom is -0.750 e. The minimum atomic E-state index is -2.65. The fourth-order valence-electron chi connectivity index (χ4n) is 2.89. The molecule has 7 heteroatoms. The van der Waals surface area contributed by atoms with Gasteiger partial charge in [0, 0.05) is 5.92 Å². The van der Waals surface area contributed by atoms with E-state index in [-0.39, 0.29) is 19.1 Å². The molecule has 2 aliphatic rings. The largest absolute Gasteiger partial charge is 0.750 e. The van der Waals surface area contributed by atoms with Crippen LogP contribution in [0, 0.1) is 5.92 Å². The van der Waals surface area contributed by atoms with Crippen molar-refractivity contribution in [2.24, 2.45) is 5.92 Å². The molecule has 5 unspecified atom stereocenters. The zero-order valence-electron chi connectivity index (χ0n) is 8.92. The molecule has 0 aromatic carbocycles. The molecule has 94 valence electrons. The number of aliphatic hydroxyl groups excluding tert-OH is 2. The first-order chi connectivity index (χ1) is 7.49. The Hall–Kier alpha value is -0.0500. The monoisotopic (exact) mass is 251 g/mol. The third-order valence-corrected chi connectivity index (χ3v) is 4.26. The molecule has 0 radical (unpaired) electrons. The SMILES string of the molecule is CC1C(OS(=O)[O-])C2(CO)CCC1(CO)O2. The van der Waals surface area contributed by atoms with Crippen LogP contribution < -0.4 is 0 Å². The molecule has 2 heterocycles. The molecule has 0 saturated carbocycles. The Labute approximate surface area is 96.0 Å². The molecule has 0 spiro atoms. The van der Waals surface area contributed by atoms with E-state index in [2.05, 4.69) is 0 Å². The van der Waals surface area contributed by atoms with E-state index in [0.717, 1.165) is 0 Å². The number of rotatable bonds is 4. The number of aliphatic hydroxyl groups is 2. The highest BCUT2D eigenvalue weighted by Gasteiger charge is 2.66. The maximum Gasteiger partial charge on any atom is 0.120 e. The summed E-state index contributed by atoms with van der Waals surface area (Å²) in [6.07, 6.45) is 0.379. The summed E-state index contributed by atoms with van der Waals surface area (Å²) in [6.45, 7) is 1.27. The summed E-state index contributed by atoms with van der Waals surface area (Å²) in [7, 11) is 0. The summed E-state index contributed by atoms with van der Waals surface area (Å²) in [5.74, 6) is -0.267. The molecule has 6 nitrogen and oxygen atoms in total. The van der Waals surface area contributed by atoms with Crippen LogP contribution in [0.25, 0.3) is 0 Å². The highest BCUT2D eigenvalue weighted by Crippen LogP contribution is 2.55. The summed E-state index contributed by atoms with van der Waals surface area (Å²) < 4.78 is 31.7. The molecule has 2 aliphatic heterocycles. The van der Waals surface area contributed by atoms with Crippen LogP contribution in [0.2, 0.25) is 0 Å². The first kappa shape index (κ1) is 12.4. The second-order valence-corrected chi connectivity index (χ2v) is 5.16. The molecule has 2 fully saturated rings. The van der Waals surface area contributed by atoms with Gasteiger partial charge in [0.2, 0.25) is 0 Å². The van der Waals surface area contributed by atoms with E-state index in [9.17, 15) is 19.0 Å². The Morgan fingerprint density at radius 1 is 1.44 bits per heavy atom. The Kier molecular flexibility index (Phi) is 3.11. The van der Waals surface area contributed by atoms with E-state index in [0.29, 0.717) is 12.8 Å². The number of fused-ring (bicyclic) bond motifs is 2. The molecule has 0 aromatic heterocycles. The van der Waals surface area contributed by atoms with Gasteiger partial charge < -0.3 is 19.5 Å². The van der Waals surface area contributed by atoms with Gasteiger partial charge in [0.15, 0.2) is 0 Å². The van der Waals surface area contributed by atoms with Gasteiger partial charge in [-0.2, -0.15) is 0 Å². The molecule has 2 bridgehead atoms. The topological polar surface area (TPSA) is 99.1 Å². The predicted molar refractivity (Wildman–Crippen MR) is 52.9 cm³/mol. The van der Waals surface area contributed by atoms with Crippen molar-refractivity contribution in [3.8, 4) is 0 Å². The van der Waals surface area contributed by atoms with Crippen LogP contribution in [0.15, 0.2) is 0 Å². The summed E-state index contributed by atoms with van der Waals surface area (Å²) in [4.78, 5) is 0. The summed E-state index contributed by atoms with van der Waals surface area (Å²) in [5.41, 5.74) is -1.75. The lowest BCUT2D eigenvalue weighted by atomic mass is 9.73. The van der Waals surface area contributed by atoms with E-state index < -0.39 is 28.7 Å². The third kappa shape index (κ3) is 1.54. The van der Waals surface area contributed by atoms with Crippen molar-refractivity contribution in [2.75, 3.05) is 13.2 Å². The fraction of sp³-hybridized carbons (Fsp3) is 1.00. The molecule has 5 atom stereocenters. The van der Waals surface area contributed by atoms with Crippen molar-refractivity contribution in [3.05, 3.63) is 0 Å². The van der Waals surface area contributed by atoms with Crippen LogP contribution in [0.5, 0.6) is 0 Å². The van der Waals surface area contributed by atoms with Crippen LogP contribution in [0.3, 0.4) is 0 Å². The summed E-state index contributed by atoms with van der Waals surface area (Å²) in [6, 6.07) is 0. The van der Waals surface area contributed by atoms with Crippen LogP contribution >= 0.6 is 0 Å². The smallest absolute Gasteiger partial charge is 0.120 e. The highest BCUT2D eigenvalue weighted by atomic mass is 32.2. The average molecular weight is 251 g/mol. The normalized spacial score (nSPS) is 48.5. The van der Waals surface area contributed by atoms with E-state index in [1.54, 1.807) is 6.92 Å². The Bertz CT molecular complexity index is 310. The number of hydrogen-bond acceptors (Lipinski definition) is 6. The molecule has 0 aliphatic carbocycles. The Balaban J connectivity index is 2.28.